The van der Waals surface area contributed by atoms with Crippen molar-refractivity contribution in [1.29, 1.82) is 0 Å². The summed E-state index contributed by atoms with van der Waals surface area (Å²) in [5, 5.41) is 1.21. The summed E-state index contributed by atoms with van der Waals surface area (Å²) >= 11 is 12.4. The Kier molecular flexibility index (Phi) is 4.89. The Morgan fingerprint density at radius 2 is 1.68 bits per heavy atom. The minimum absolute atomic E-state index is 0.463. The standard InChI is InChI=1S/C16H14Cl2O/c1-2-6-13-14(17)9-10-15(18)16(13)19-11-12-7-4-3-5-8-12/h2-5,7-10H,1,6,11H2. The highest BCUT2D eigenvalue weighted by Gasteiger charge is 2.12. The SMILES string of the molecule is C=CCc1c(Cl)ccc(Cl)c1OCc1ccccc1. The zero-order valence-corrected chi connectivity index (χ0v) is 11.9. The van der Waals surface area contributed by atoms with E-state index in [0.29, 0.717) is 28.8 Å². The number of halogens is 2. The van der Waals surface area contributed by atoms with Crippen molar-refractivity contribution in [3.63, 3.8) is 0 Å². The van der Waals surface area contributed by atoms with Gasteiger partial charge in [-0.15, -0.1) is 6.58 Å². The van der Waals surface area contributed by atoms with Crippen molar-refractivity contribution in [3.8, 4) is 5.75 Å². The van der Waals surface area contributed by atoms with Crippen LogP contribution in [0.1, 0.15) is 11.1 Å². The normalized spacial score (nSPS) is 10.2. The number of benzene rings is 2. The number of ether oxygens (including phenoxy) is 1. The Labute approximate surface area is 123 Å². The Morgan fingerprint density at radius 1 is 1.00 bits per heavy atom. The quantitative estimate of drug-likeness (QED) is 0.680. The molecule has 98 valence electrons. The summed E-state index contributed by atoms with van der Waals surface area (Å²) in [5.41, 5.74) is 1.96. The molecule has 0 aliphatic heterocycles. The lowest BCUT2D eigenvalue weighted by Gasteiger charge is -2.13. The van der Waals surface area contributed by atoms with Crippen molar-refractivity contribution in [1.82, 2.24) is 0 Å². The maximum atomic E-state index is 6.19. The summed E-state index contributed by atoms with van der Waals surface area (Å²) in [7, 11) is 0. The number of hydrogen-bond acceptors (Lipinski definition) is 1. The predicted octanol–water partition coefficient (Wildman–Crippen LogP) is 5.30. The van der Waals surface area contributed by atoms with Gasteiger partial charge in [0.2, 0.25) is 0 Å². The first-order valence-electron chi connectivity index (χ1n) is 5.97. The second-order valence-electron chi connectivity index (χ2n) is 4.10. The molecular formula is C16H14Cl2O. The highest BCUT2D eigenvalue weighted by Crippen LogP contribution is 2.35. The van der Waals surface area contributed by atoms with Gasteiger partial charge >= 0.3 is 0 Å². The third-order valence-electron chi connectivity index (χ3n) is 2.73. The lowest BCUT2D eigenvalue weighted by Crippen LogP contribution is -1.99. The fraction of sp³-hybridized carbons (Fsp3) is 0.125. The summed E-state index contributed by atoms with van der Waals surface area (Å²) in [5.74, 6) is 0.637. The van der Waals surface area contributed by atoms with Gasteiger partial charge in [0.1, 0.15) is 12.4 Å². The first-order chi connectivity index (χ1) is 9.22. The molecule has 19 heavy (non-hydrogen) atoms. The molecule has 0 radical (unpaired) electrons. The average molecular weight is 293 g/mol. The summed E-state index contributed by atoms with van der Waals surface area (Å²) in [6.07, 6.45) is 2.41. The molecule has 2 aromatic rings. The van der Waals surface area contributed by atoms with Crippen LogP contribution in [0.3, 0.4) is 0 Å². The molecule has 0 spiro atoms. The van der Waals surface area contributed by atoms with Crippen LogP contribution >= 0.6 is 23.2 Å². The maximum absolute atomic E-state index is 6.19. The van der Waals surface area contributed by atoms with Crippen LogP contribution in [0.25, 0.3) is 0 Å². The van der Waals surface area contributed by atoms with Crippen LogP contribution in [0.15, 0.2) is 55.1 Å². The molecule has 0 aliphatic carbocycles. The largest absolute Gasteiger partial charge is 0.487 e. The van der Waals surface area contributed by atoms with Crippen LogP contribution in [0.5, 0.6) is 5.75 Å². The molecule has 0 aromatic heterocycles. The van der Waals surface area contributed by atoms with E-state index in [9.17, 15) is 0 Å². The van der Waals surface area contributed by atoms with E-state index in [1.165, 1.54) is 0 Å². The molecule has 1 nitrogen and oxygen atoms in total. The number of hydrogen-bond donors (Lipinski definition) is 0. The third kappa shape index (κ3) is 3.52. The third-order valence-corrected chi connectivity index (χ3v) is 3.38. The second-order valence-corrected chi connectivity index (χ2v) is 4.92. The zero-order valence-electron chi connectivity index (χ0n) is 10.4. The van der Waals surface area contributed by atoms with Gasteiger partial charge in [-0.25, -0.2) is 0 Å². The van der Waals surface area contributed by atoms with Crippen LogP contribution in [-0.2, 0) is 13.0 Å². The fourth-order valence-corrected chi connectivity index (χ4v) is 2.25. The molecule has 0 aliphatic rings. The van der Waals surface area contributed by atoms with Crippen LogP contribution in [0.4, 0.5) is 0 Å². The van der Waals surface area contributed by atoms with Crippen LogP contribution in [-0.4, -0.2) is 0 Å². The highest BCUT2D eigenvalue weighted by atomic mass is 35.5. The molecular weight excluding hydrogens is 279 g/mol. The minimum atomic E-state index is 0.463. The van der Waals surface area contributed by atoms with E-state index >= 15 is 0 Å². The van der Waals surface area contributed by atoms with E-state index < -0.39 is 0 Å². The first-order valence-corrected chi connectivity index (χ1v) is 6.72. The Morgan fingerprint density at radius 3 is 2.37 bits per heavy atom. The van der Waals surface area contributed by atoms with Crippen molar-refractivity contribution in [2.24, 2.45) is 0 Å². The fourth-order valence-electron chi connectivity index (χ4n) is 1.80. The van der Waals surface area contributed by atoms with Crippen molar-refractivity contribution in [2.75, 3.05) is 0 Å². The van der Waals surface area contributed by atoms with Gasteiger partial charge in [0.05, 0.1) is 5.02 Å². The summed E-state index contributed by atoms with van der Waals surface area (Å²) < 4.78 is 5.82. The van der Waals surface area contributed by atoms with Crippen LogP contribution in [0.2, 0.25) is 10.0 Å². The van der Waals surface area contributed by atoms with Gasteiger partial charge in [-0.3, -0.25) is 0 Å². The highest BCUT2D eigenvalue weighted by molar-refractivity contribution is 6.34. The maximum Gasteiger partial charge on any atom is 0.143 e. The lowest BCUT2D eigenvalue weighted by atomic mass is 10.1. The van der Waals surface area contributed by atoms with Crippen LogP contribution in [0, 0.1) is 0 Å². The van der Waals surface area contributed by atoms with Gasteiger partial charge < -0.3 is 4.74 Å². The smallest absolute Gasteiger partial charge is 0.143 e. The Bertz CT molecular complexity index is 564. The van der Waals surface area contributed by atoms with Crippen molar-refractivity contribution in [2.45, 2.75) is 13.0 Å². The van der Waals surface area contributed by atoms with Crippen molar-refractivity contribution in [3.05, 3.63) is 76.3 Å². The van der Waals surface area contributed by atoms with E-state index in [4.69, 9.17) is 27.9 Å². The van der Waals surface area contributed by atoms with Gasteiger partial charge in [-0.1, -0.05) is 59.6 Å². The van der Waals surface area contributed by atoms with Gasteiger partial charge in [-0.2, -0.15) is 0 Å². The Hall–Kier alpha value is -1.44. The first kappa shape index (κ1) is 14.0. The summed E-state index contributed by atoms with van der Waals surface area (Å²) in [4.78, 5) is 0. The monoisotopic (exact) mass is 292 g/mol. The van der Waals surface area contributed by atoms with E-state index in [1.807, 2.05) is 30.3 Å². The molecule has 0 unspecified atom stereocenters. The minimum Gasteiger partial charge on any atom is -0.487 e. The molecule has 2 aromatic carbocycles. The van der Waals surface area contributed by atoms with Gasteiger partial charge in [0.25, 0.3) is 0 Å². The number of allylic oxidation sites excluding steroid dienone is 1. The zero-order chi connectivity index (χ0) is 13.7. The molecule has 0 amide bonds. The lowest BCUT2D eigenvalue weighted by molar-refractivity contribution is 0.304. The second kappa shape index (κ2) is 6.65. The molecule has 2 rings (SSSR count). The Balaban J connectivity index is 2.23. The van der Waals surface area contributed by atoms with E-state index in [2.05, 4.69) is 6.58 Å². The van der Waals surface area contributed by atoms with Crippen LogP contribution < -0.4 is 4.74 Å². The summed E-state index contributed by atoms with van der Waals surface area (Å²) in [6, 6.07) is 13.5. The molecule has 0 fully saturated rings. The molecule has 0 atom stereocenters. The topological polar surface area (TPSA) is 9.23 Å². The molecule has 0 saturated carbocycles. The van der Waals surface area contributed by atoms with Gasteiger partial charge in [0.15, 0.2) is 0 Å². The van der Waals surface area contributed by atoms with E-state index in [-0.39, 0.29) is 0 Å². The van der Waals surface area contributed by atoms with Gasteiger partial charge in [-0.05, 0) is 24.1 Å². The van der Waals surface area contributed by atoms with Crippen molar-refractivity contribution >= 4 is 23.2 Å². The molecule has 0 N–H and O–H groups in total. The molecule has 0 bridgehead atoms. The molecule has 0 saturated heterocycles. The average Bonchev–Trinajstić information content (AvgIpc) is 2.43. The van der Waals surface area contributed by atoms with Gasteiger partial charge in [0, 0.05) is 10.6 Å². The summed E-state index contributed by atoms with van der Waals surface area (Å²) in [6.45, 7) is 4.19. The molecule has 3 heteroatoms. The van der Waals surface area contributed by atoms with E-state index in [1.54, 1.807) is 18.2 Å². The van der Waals surface area contributed by atoms with E-state index in [0.717, 1.165) is 11.1 Å². The van der Waals surface area contributed by atoms with Crippen molar-refractivity contribution < 1.29 is 4.74 Å². The predicted molar refractivity (Wildman–Crippen MR) is 81.1 cm³/mol. The number of rotatable bonds is 5. The molecule has 0 heterocycles.